The summed E-state index contributed by atoms with van der Waals surface area (Å²) in [6.07, 6.45) is 7.65. The van der Waals surface area contributed by atoms with Crippen LogP contribution >= 0.6 is 0 Å². The SMILES string of the molecule is C#CC(C)Nc1cnc(C(=O)O)cn1. The molecule has 0 saturated carbocycles. The summed E-state index contributed by atoms with van der Waals surface area (Å²) in [6.45, 7) is 1.78. The van der Waals surface area contributed by atoms with E-state index < -0.39 is 5.97 Å². The van der Waals surface area contributed by atoms with Crippen LogP contribution in [-0.4, -0.2) is 27.1 Å². The number of anilines is 1. The second-order valence-electron chi connectivity index (χ2n) is 2.62. The summed E-state index contributed by atoms with van der Waals surface area (Å²) in [5, 5.41) is 11.4. The Morgan fingerprint density at radius 2 is 2.36 bits per heavy atom. The van der Waals surface area contributed by atoms with E-state index in [4.69, 9.17) is 11.5 Å². The van der Waals surface area contributed by atoms with Crippen molar-refractivity contribution in [1.29, 1.82) is 0 Å². The van der Waals surface area contributed by atoms with Crippen molar-refractivity contribution in [2.75, 3.05) is 5.32 Å². The fourth-order valence-corrected chi connectivity index (χ4v) is 0.777. The Morgan fingerprint density at radius 1 is 1.64 bits per heavy atom. The van der Waals surface area contributed by atoms with E-state index in [0.29, 0.717) is 5.82 Å². The van der Waals surface area contributed by atoms with Gasteiger partial charge in [-0.25, -0.2) is 14.8 Å². The molecule has 5 heteroatoms. The van der Waals surface area contributed by atoms with Gasteiger partial charge in [0.1, 0.15) is 5.82 Å². The topological polar surface area (TPSA) is 75.1 Å². The Kier molecular flexibility index (Phi) is 3.02. The second kappa shape index (κ2) is 4.23. The zero-order valence-electron chi connectivity index (χ0n) is 7.56. The van der Waals surface area contributed by atoms with Crippen LogP contribution in [0.1, 0.15) is 17.4 Å². The first-order valence-electron chi connectivity index (χ1n) is 3.91. The maximum Gasteiger partial charge on any atom is 0.356 e. The van der Waals surface area contributed by atoms with Crippen LogP contribution in [0.25, 0.3) is 0 Å². The zero-order valence-corrected chi connectivity index (χ0v) is 7.56. The molecule has 1 aromatic heterocycles. The Morgan fingerprint density at radius 3 is 2.79 bits per heavy atom. The normalized spacial score (nSPS) is 11.4. The number of rotatable bonds is 3. The number of carboxylic acids is 1. The van der Waals surface area contributed by atoms with Gasteiger partial charge in [-0.05, 0) is 6.92 Å². The Balaban J connectivity index is 2.75. The average Bonchev–Trinajstić information content (AvgIpc) is 2.18. The molecule has 14 heavy (non-hydrogen) atoms. The second-order valence-corrected chi connectivity index (χ2v) is 2.62. The quantitative estimate of drug-likeness (QED) is 0.684. The van der Waals surface area contributed by atoms with E-state index in [2.05, 4.69) is 21.2 Å². The molecule has 0 spiro atoms. The molecule has 0 aliphatic rings. The fraction of sp³-hybridized carbons (Fsp3) is 0.222. The highest BCUT2D eigenvalue weighted by Crippen LogP contribution is 2.02. The molecule has 0 aromatic carbocycles. The van der Waals surface area contributed by atoms with E-state index in [1.165, 1.54) is 12.4 Å². The summed E-state index contributed by atoms with van der Waals surface area (Å²) in [6, 6.07) is -0.167. The first kappa shape index (κ1) is 9.99. The van der Waals surface area contributed by atoms with Crippen molar-refractivity contribution >= 4 is 11.8 Å². The molecule has 0 fully saturated rings. The third-order valence-electron chi connectivity index (χ3n) is 1.49. The van der Waals surface area contributed by atoms with E-state index >= 15 is 0 Å². The van der Waals surface area contributed by atoms with Crippen molar-refractivity contribution in [3.05, 3.63) is 18.1 Å². The number of carbonyl (C=O) groups is 1. The molecule has 2 N–H and O–H groups in total. The summed E-state index contributed by atoms with van der Waals surface area (Å²) in [5.41, 5.74) is -0.0936. The maximum absolute atomic E-state index is 10.4. The number of aromatic nitrogens is 2. The van der Waals surface area contributed by atoms with Gasteiger partial charge in [0.15, 0.2) is 5.69 Å². The number of aromatic carboxylic acids is 1. The van der Waals surface area contributed by atoms with E-state index in [1.54, 1.807) is 6.92 Å². The molecule has 1 rings (SSSR count). The van der Waals surface area contributed by atoms with E-state index in [1.807, 2.05) is 0 Å². The summed E-state index contributed by atoms with van der Waals surface area (Å²) < 4.78 is 0. The van der Waals surface area contributed by atoms with E-state index in [9.17, 15) is 4.79 Å². The Bertz CT molecular complexity index is 367. The molecular formula is C9H9N3O2. The smallest absolute Gasteiger partial charge is 0.356 e. The van der Waals surface area contributed by atoms with Gasteiger partial charge < -0.3 is 10.4 Å². The molecule has 1 aromatic rings. The molecule has 0 bridgehead atoms. The molecule has 0 radical (unpaired) electrons. The van der Waals surface area contributed by atoms with Crippen LogP contribution in [0.3, 0.4) is 0 Å². The predicted molar refractivity (Wildman–Crippen MR) is 50.9 cm³/mol. The molecule has 0 aliphatic heterocycles. The van der Waals surface area contributed by atoms with Crippen molar-refractivity contribution < 1.29 is 9.90 Å². The minimum Gasteiger partial charge on any atom is -0.476 e. The lowest BCUT2D eigenvalue weighted by atomic mass is 10.3. The van der Waals surface area contributed by atoms with Crippen molar-refractivity contribution in [2.45, 2.75) is 13.0 Å². The molecule has 0 amide bonds. The van der Waals surface area contributed by atoms with Gasteiger partial charge in [0.25, 0.3) is 0 Å². The third kappa shape index (κ3) is 2.45. The molecule has 0 aliphatic carbocycles. The van der Waals surface area contributed by atoms with Crippen LogP contribution in [0.5, 0.6) is 0 Å². The minimum absolute atomic E-state index is 0.0936. The van der Waals surface area contributed by atoms with Gasteiger partial charge in [-0.2, -0.15) is 0 Å². The zero-order chi connectivity index (χ0) is 10.6. The Labute approximate surface area is 81.2 Å². The first-order valence-corrected chi connectivity index (χ1v) is 3.91. The average molecular weight is 191 g/mol. The predicted octanol–water partition coefficient (Wildman–Crippen LogP) is 0.608. The summed E-state index contributed by atoms with van der Waals surface area (Å²) in [7, 11) is 0. The number of nitrogens with one attached hydrogen (secondary N) is 1. The highest BCUT2D eigenvalue weighted by molar-refractivity contribution is 5.84. The van der Waals surface area contributed by atoms with Gasteiger partial charge in [0.2, 0.25) is 0 Å². The molecule has 1 atom stereocenters. The number of terminal acetylenes is 1. The fourth-order valence-electron chi connectivity index (χ4n) is 0.777. The lowest BCUT2D eigenvalue weighted by Gasteiger charge is -2.06. The largest absolute Gasteiger partial charge is 0.476 e. The van der Waals surface area contributed by atoms with E-state index in [-0.39, 0.29) is 11.7 Å². The van der Waals surface area contributed by atoms with Gasteiger partial charge in [-0.1, -0.05) is 5.92 Å². The molecule has 5 nitrogen and oxygen atoms in total. The van der Waals surface area contributed by atoms with Crippen LogP contribution < -0.4 is 5.32 Å². The number of hydrogen-bond donors (Lipinski definition) is 2. The van der Waals surface area contributed by atoms with Gasteiger partial charge in [-0.15, -0.1) is 6.42 Å². The number of nitrogens with zero attached hydrogens (tertiary/aromatic N) is 2. The highest BCUT2D eigenvalue weighted by atomic mass is 16.4. The number of carboxylic acid groups (broad SMARTS) is 1. The lowest BCUT2D eigenvalue weighted by Crippen LogP contribution is -2.14. The Hall–Kier alpha value is -2.09. The van der Waals surface area contributed by atoms with Crippen molar-refractivity contribution in [1.82, 2.24) is 9.97 Å². The molecule has 0 saturated heterocycles. The summed E-state index contributed by atoms with van der Waals surface area (Å²) in [5.74, 6) is 1.81. The van der Waals surface area contributed by atoms with Crippen molar-refractivity contribution in [3.63, 3.8) is 0 Å². The third-order valence-corrected chi connectivity index (χ3v) is 1.49. The van der Waals surface area contributed by atoms with Crippen LogP contribution in [0, 0.1) is 12.3 Å². The van der Waals surface area contributed by atoms with Gasteiger partial charge >= 0.3 is 5.97 Å². The lowest BCUT2D eigenvalue weighted by molar-refractivity contribution is 0.0690. The summed E-state index contributed by atoms with van der Waals surface area (Å²) in [4.78, 5) is 17.9. The van der Waals surface area contributed by atoms with Crippen molar-refractivity contribution in [2.24, 2.45) is 0 Å². The highest BCUT2D eigenvalue weighted by Gasteiger charge is 2.05. The van der Waals surface area contributed by atoms with Crippen LogP contribution in [0.15, 0.2) is 12.4 Å². The maximum atomic E-state index is 10.4. The molecular weight excluding hydrogens is 182 g/mol. The molecule has 1 heterocycles. The molecule has 1 unspecified atom stereocenters. The van der Waals surface area contributed by atoms with Gasteiger partial charge in [-0.3, -0.25) is 0 Å². The van der Waals surface area contributed by atoms with Gasteiger partial charge in [0, 0.05) is 0 Å². The number of hydrogen-bond acceptors (Lipinski definition) is 4. The van der Waals surface area contributed by atoms with E-state index in [0.717, 1.165) is 0 Å². The van der Waals surface area contributed by atoms with Gasteiger partial charge in [0.05, 0.1) is 18.4 Å². The first-order chi connectivity index (χ1) is 6.63. The minimum atomic E-state index is -1.10. The summed E-state index contributed by atoms with van der Waals surface area (Å²) >= 11 is 0. The van der Waals surface area contributed by atoms with Crippen LogP contribution in [0.4, 0.5) is 5.82 Å². The monoisotopic (exact) mass is 191 g/mol. The van der Waals surface area contributed by atoms with Crippen LogP contribution in [0.2, 0.25) is 0 Å². The molecule has 72 valence electrons. The standard InChI is InChI=1S/C9H9N3O2/c1-3-6(2)12-8-5-10-7(4-11-8)9(13)14/h1,4-6H,2H3,(H,11,12)(H,13,14). The van der Waals surface area contributed by atoms with Crippen LogP contribution in [-0.2, 0) is 0 Å². The van der Waals surface area contributed by atoms with Crippen molar-refractivity contribution in [3.8, 4) is 12.3 Å².